The van der Waals surface area contributed by atoms with Gasteiger partial charge >= 0.3 is 0 Å². The number of aliphatic hydroxyl groups is 1. The summed E-state index contributed by atoms with van der Waals surface area (Å²) >= 11 is 5.90. The van der Waals surface area contributed by atoms with Crippen molar-refractivity contribution in [2.45, 2.75) is 32.7 Å². The lowest BCUT2D eigenvalue weighted by Gasteiger charge is -2.10. The van der Waals surface area contributed by atoms with Crippen molar-refractivity contribution < 1.29 is 9.90 Å². The quantitative estimate of drug-likeness (QED) is 0.788. The molecular formula is C10H15ClN2O2. The molecule has 0 unspecified atom stereocenters. The second-order valence-corrected chi connectivity index (χ2v) is 4.04. The highest BCUT2D eigenvalue weighted by Gasteiger charge is 2.18. The molecule has 1 rings (SSSR count). The fourth-order valence-electron chi connectivity index (χ4n) is 1.35. The lowest BCUT2D eigenvalue weighted by molar-refractivity contribution is 0.0959. The monoisotopic (exact) mass is 230 g/mol. The first-order chi connectivity index (χ1) is 7.07. The lowest BCUT2D eigenvalue weighted by atomic mass is 10.1. The summed E-state index contributed by atoms with van der Waals surface area (Å²) in [6.45, 7) is 3.89. The van der Waals surface area contributed by atoms with Crippen LogP contribution in [0.4, 0.5) is 0 Å². The van der Waals surface area contributed by atoms with Gasteiger partial charge in [-0.25, -0.2) is 0 Å². The maximum Gasteiger partial charge on any atom is 0.182 e. The Labute approximate surface area is 93.9 Å². The molecule has 0 aliphatic carbocycles. The Morgan fingerprint density at radius 3 is 2.87 bits per heavy atom. The third-order valence-electron chi connectivity index (χ3n) is 2.07. The van der Waals surface area contributed by atoms with Crippen LogP contribution in [0.15, 0.2) is 6.20 Å². The minimum absolute atomic E-state index is 0.0131. The van der Waals surface area contributed by atoms with E-state index in [0.29, 0.717) is 23.6 Å². The largest absolute Gasteiger partial charge is 0.396 e. The van der Waals surface area contributed by atoms with Crippen LogP contribution in [-0.2, 0) is 0 Å². The first-order valence-corrected chi connectivity index (χ1v) is 5.32. The van der Waals surface area contributed by atoms with Crippen LogP contribution in [0, 0.1) is 0 Å². The molecule has 0 radical (unpaired) electrons. The molecule has 5 heteroatoms. The molecule has 4 nitrogen and oxygen atoms in total. The van der Waals surface area contributed by atoms with Gasteiger partial charge in [-0.15, -0.1) is 0 Å². The Balaban J connectivity index is 2.91. The summed E-state index contributed by atoms with van der Waals surface area (Å²) in [6.07, 6.45) is 2.24. The van der Waals surface area contributed by atoms with E-state index in [-0.39, 0.29) is 18.4 Å². The molecule has 1 aromatic heterocycles. The van der Waals surface area contributed by atoms with E-state index in [1.54, 1.807) is 4.68 Å². The number of hydrogen-bond donors (Lipinski definition) is 1. The maximum absolute atomic E-state index is 11.8. The predicted molar refractivity (Wildman–Crippen MR) is 58.3 cm³/mol. The van der Waals surface area contributed by atoms with Crippen molar-refractivity contribution >= 4 is 17.4 Å². The second-order valence-electron chi connectivity index (χ2n) is 3.63. The van der Waals surface area contributed by atoms with Crippen LogP contribution in [0.25, 0.3) is 0 Å². The molecule has 1 heterocycles. The number of carbonyl (C=O) groups is 1. The minimum atomic E-state index is -0.0692. The molecule has 1 N–H and O–H groups in total. The fourth-order valence-corrected chi connectivity index (χ4v) is 1.59. The zero-order valence-electron chi connectivity index (χ0n) is 8.90. The molecule has 0 amide bonds. The minimum Gasteiger partial charge on any atom is -0.396 e. The Morgan fingerprint density at radius 2 is 2.33 bits per heavy atom. The number of halogens is 1. The van der Waals surface area contributed by atoms with E-state index in [0.717, 1.165) is 0 Å². The average molecular weight is 231 g/mol. The van der Waals surface area contributed by atoms with Crippen LogP contribution < -0.4 is 0 Å². The summed E-state index contributed by atoms with van der Waals surface area (Å²) in [5.74, 6) is -0.0692. The van der Waals surface area contributed by atoms with Gasteiger partial charge in [0, 0.05) is 19.1 Å². The van der Waals surface area contributed by atoms with Gasteiger partial charge in [0.1, 0.15) is 5.69 Å². The van der Waals surface area contributed by atoms with Gasteiger partial charge in [0.15, 0.2) is 5.78 Å². The van der Waals surface area contributed by atoms with E-state index < -0.39 is 0 Å². The molecule has 1 aromatic rings. The third kappa shape index (κ3) is 2.79. The van der Waals surface area contributed by atoms with Crippen molar-refractivity contribution in [2.24, 2.45) is 0 Å². The Bertz CT molecular complexity index is 347. The SMILES string of the molecule is CC(C)n1ncc(Cl)c1C(=O)CCCO. The Morgan fingerprint density at radius 1 is 1.67 bits per heavy atom. The van der Waals surface area contributed by atoms with Gasteiger partial charge in [-0.2, -0.15) is 5.10 Å². The van der Waals surface area contributed by atoms with E-state index in [9.17, 15) is 4.79 Å². The topological polar surface area (TPSA) is 55.1 Å². The van der Waals surface area contributed by atoms with Crippen molar-refractivity contribution in [1.29, 1.82) is 0 Å². The first-order valence-electron chi connectivity index (χ1n) is 4.95. The lowest BCUT2D eigenvalue weighted by Crippen LogP contribution is -2.13. The summed E-state index contributed by atoms with van der Waals surface area (Å²) in [5.41, 5.74) is 0.445. The number of carbonyl (C=O) groups excluding carboxylic acids is 1. The summed E-state index contributed by atoms with van der Waals surface area (Å²) in [7, 11) is 0. The van der Waals surface area contributed by atoms with Gasteiger partial charge in [0.05, 0.1) is 11.2 Å². The molecule has 0 aromatic carbocycles. The van der Waals surface area contributed by atoms with Crippen molar-refractivity contribution in [3.8, 4) is 0 Å². The van der Waals surface area contributed by atoms with Crippen molar-refractivity contribution in [1.82, 2.24) is 9.78 Å². The van der Waals surface area contributed by atoms with Gasteiger partial charge in [-0.1, -0.05) is 11.6 Å². The predicted octanol–water partition coefficient (Wildman–Crippen LogP) is 2.07. The van der Waals surface area contributed by atoms with E-state index in [1.165, 1.54) is 6.20 Å². The molecule has 84 valence electrons. The maximum atomic E-state index is 11.8. The smallest absolute Gasteiger partial charge is 0.182 e. The number of ketones is 1. The molecule has 15 heavy (non-hydrogen) atoms. The summed E-state index contributed by atoms with van der Waals surface area (Å²) < 4.78 is 1.61. The van der Waals surface area contributed by atoms with Crippen LogP contribution in [0.1, 0.15) is 43.2 Å². The van der Waals surface area contributed by atoms with E-state index in [1.807, 2.05) is 13.8 Å². The van der Waals surface area contributed by atoms with Crippen LogP contribution in [0.3, 0.4) is 0 Å². The summed E-state index contributed by atoms with van der Waals surface area (Å²) in [6, 6.07) is 0.102. The molecule has 0 bridgehead atoms. The number of aliphatic hydroxyl groups excluding tert-OH is 1. The molecule has 0 saturated heterocycles. The first kappa shape index (κ1) is 12.2. The molecular weight excluding hydrogens is 216 g/mol. The zero-order chi connectivity index (χ0) is 11.4. The van der Waals surface area contributed by atoms with Crippen molar-refractivity contribution in [2.75, 3.05) is 6.61 Å². The van der Waals surface area contributed by atoms with Crippen molar-refractivity contribution in [3.63, 3.8) is 0 Å². The molecule has 0 aliphatic heterocycles. The Kier molecular flexibility index (Phi) is 4.29. The number of aromatic nitrogens is 2. The number of hydrogen-bond acceptors (Lipinski definition) is 3. The summed E-state index contributed by atoms with van der Waals surface area (Å²) in [5, 5.41) is 13.1. The standard InChI is InChI=1S/C10H15ClN2O2/c1-7(2)13-10(8(11)6-12-13)9(15)4-3-5-14/h6-7,14H,3-5H2,1-2H3. The molecule has 0 saturated carbocycles. The van der Waals surface area contributed by atoms with Gasteiger partial charge in [-0.3, -0.25) is 9.48 Å². The zero-order valence-corrected chi connectivity index (χ0v) is 9.66. The third-order valence-corrected chi connectivity index (χ3v) is 2.34. The van der Waals surface area contributed by atoms with Gasteiger partial charge in [0.25, 0.3) is 0 Å². The Hall–Kier alpha value is -0.870. The van der Waals surface area contributed by atoms with Gasteiger partial charge in [-0.05, 0) is 20.3 Å². The van der Waals surface area contributed by atoms with Crippen LogP contribution in [-0.4, -0.2) is 27.3 Å². The van der Waals surface area contributed by atoms with E-state index >= 15 is 0 Å². The highest BCUT2D eigenvalue weighted by molar-refractivity contribution is 6.33. The molecule has 0 atom stereocenters. The molecule has 0 spiro atoms. The average Bonchev–Trinajstić information content (AvgIpc) is 2.56. The second kappa shape index (κ2) is 5.28. The van der Waals surface area contributed by atoms with E-state index in [4.69, 9.17) is 16.7 Å². The number of Topliss-reactive ketones (excluding diaryl/α,β-unsaturated/α-hetero) is 1. The van der Waals surface area contributed by atoms with Crippen LogP contribution in [0.5, 0.6) is 0 Å². The fraction of sp³-hybridized carbons (Fsp3) is 0.600. The highest BCUT2D eigenvalue weighted by Crippen LogP contribution is 2.20. The molecule has 0 aliphatic rings. The van der Waals surface area contributed by atoms with Gasteiger partial charge < -0.3 is 5.11 Å². The number of nitrogens with zero attached hydrogens (tertiary/aromatic N) is 2. The normalized spacial score (nSPS) is 11.0. The van der Waals surface area contributed by atoms with Gasteiger partial charge in [0.2, 0.25) is 0 Å². The van der Waals surface area contributed by atoms with Crippen LogP contribution >= 0.6 is 11.6 Å². The van der Waals surface area contributed by atoms with Crippen molar-refractivity contribution in [3.05, 3.63) is 16.9 Å². The summed E-state index contributed by atoms with van der Waals surface area (Å²) in [4.78, 5) is 11.8. The van der Waals surface area contributed by atoms with E-state index in [2.05, 4.69) is 5.10 Å². The van der Waals surface area contributed by atoms with Crippen LogP contribution in [0.2, 0.25) is 5.02 Å². The number of rotatable bonds is 5. The highest BCUT2D eigenvalue weighted by atomic mass is 35.5. The molecule has 0 fully saturated rings.